The molecule has 1 saturated heterocycles. The summed E-state index contributed by atoms with van der Waals surface area (Å²) in [4.78, 5) is 23.9. The van der Waals surface area contributed by atoms with E-state index in [9.17, 15) is 9.59 Å². The van der Waals surface area contributed by atoms with Crippen LogP contribution in [-0.2, 0) is 9.53 Å². The summed E-state index contributed by atoms with van der Waals surface area (Å²) in [5.74, 6) is -0.0131. The third-order valence-corrected chi connectivity index (χ3v) is 3.45. The molecule has 0 spiro atoms. The van der Waals surface area contributed by atoms with Gasteiger partial charge in [0.2, 0.25) is 5.91 Å². The molecule has 0 aromatic carbocycles. The van der Waals surface area contributed by atoms with Crippen molar-refractivity contribution in [2.45, 2.75) is 26.2 Å². The van der Waals surface area contributed by atoms with Crippen LogP contribution in [0, 0.1) is 5.41 Å². The van der Waals surface area contributed by atoms with Crippen LogP contribution in [0.4, 0.5) is 4.79 Å². The second-order valence-corrected chi connectivity index (χ2v) is 5.05. The fraction of sp³-hybridized carbons (Fsp3) is 0.818. The van der Waals surface area contributed by atoms with Crippen molar-refractivity contribution in [1.82, 2.24) is 4.90 Å². The van der Waals surface area contributed by atoms with Crippen LogP contribution in [0.1, 0.15) is 26.2 Å². The van der Waals surface area contributed by atoms with Gasteiger partial charge in [-0.05, 0) is 19.3 Å². The molecule has 98 valence electrons. The van der Waals surface area contributed by atoms with Gasteiger partial charge in [0.25, 0.3) is 0 Å². The highest BCUT2D eigenvalue weighted by molar-refractivity contribution is 6.27. The number of nitrogens with two attached hydrogens (primary N) is 1. The van der Waals surface area contributed by atoms with Crippen LogP contribution in [0.25, 0.3) is 0 Å². The minimum atomic E-state index is -0.746. The van der Waals surface area contributed by atoms with Crippen LogP contribution in [0.5, 0.6) is 0 Å². The van der Waals surface area contributed by atoms with Crippen molar-refractivity contribution in [2.24, 2.45) is 11.1 Å². The van der Waals surface area contributed by atoms with Gasteiger partial charge < -0.3 is 15.4 Å². The highest BCUT2D eigenvalue weighted by atomic mass is 35.5. The molecule has 0 saturated carbocycles. The van der Waals surface area contributed by atoms with Gasteiger partial charge in [-0.25, -0.2) is 4.79 Å². The summed E-state index contributed by atoms with van der Waals surface area (Å²) in [5.41, 5.74) is 4.86. The molecule has 1 rings (SSSR count). The summed E-state index contributed by atoms with van der Waals surface area (Å²) in [5, 5.41) is 0. The predicted molar refractivity (Wildman–Crippen MR) is 64.8 cm³/mol. The van der Waals surface area contributed by atoms with E-state index in [1.54, 1.807) is 4.90 Å². The molecule has 2 N–H and O–H groups in total. The van der Waals surface area contributed by atoms with Crippen molar-refractivity contribution < 1.29 is 14.3 Å². The number of primary amides is 1. The number of carbonyl (C=O) groups excluding carboxylic acids is 2. The average molecular weight is 263 g/mol. The molecule has 0 aromatic rings. The Morgan fingerprint density at radius 1 is 1.41 bits per heavy atom. The lowest BCUT2D eigenvalue weighted by Gasteiger charge is -2.27. The number of amides is 2. The summed E-state index contributed by atoms with van der Waals surface area (Å²) in [6.45, 7) is 3.73. The molecule has 1 atom stereocenters. The molecule has 5 nitrogen and oxygen atoms in total. The van der Waals surface area contributed by atoms with E-state index in [4.69, 9.17) is 22.1 Å². The monoisotopic (exact) mass is 262 g/mol. The number of likely N-dealkylation sites (tertiary alicyclic amines) is 1. The van der Waals surface area contributed by atoms with Gasteiger partial charge >= 0.3 is 6.09 Å². The fourth-order valence-corrected chi connectivity index (χ4v) is 2.23. The van der Waals surface area contributed by atoms with E-state index in [0.29, 0.717) is 13.2 Å². The van der Waals surface area contributed by atoms with E-state index in [0.717, 1.165) is 25.8 Å². The van der Waals surface area contributed by atoms with Crippen LogP contribution < -0.4 is 5.73 Å². The Hall–Kier alpha value is -0.970. The first-order valence-corrected chi connectivity index (χ1v) is 6.26. The summed E-state index contributed by atoms with van der Waals surface area (Å²) in [6.07, 6.45) is 1.85. The number of alkyl halides is 1. The van der Waals surface area contributed by atoms with Gasteiger partial charge in [-0.2, -0.15) is 0 Å². The summed E-state index contributed by atoms with van der Waals surface area (Å²) < 4.78 is 4.87. The highest BCUT2D eigenvalue weighted by Gasteiger charge is 2.30. The Balaban J connectivity index is 2.51. The normalized spacial score (nSPS) is 25.2. The molecule has 0 aromatic heterocycles. The molecule has 17 heavy (non-hydrogen) atoms. The standard InChI is InChI=1S/C11H19ClN2O3/c1-11(8-17-10(13)16)3-2-5-14(6-4-11)9(15)7-12/h2-8H2,1H3,(H2,13,16). The van der Waals surface area contributed by atoms with Crippen molar-refractivity contribution in [3.8, 4) is 0 Å². The number of hydrogen-bond acceptors (Lipinski definition) is 3. The Morgan fingerprint density at radius 2 is 2.12 bits per heavy atom. The number of nitrogens with zero attached hydrogens (tertiary/aromatic N) is 1. The maximum Gasteiger partial charge on any atom is 0.404 e. The zero-order valence-corrected chi connectivity index (χ0v) is 10.8. The van der Waals surface area contributed by atoms with Crippen LogP contribution in [0.15, 0.2) is 0 Å². The van der Waals surface area contributed by atoms with E-state index >= 15 is 0 Å². The average Bonchev–Trinajstić information content (AvgIpc) is 2.49. The van der Waals surface area contributed by atoms with Crippen molar-refractivity contribution in [3.05, 3.63) is 0 Å². The fourth-order valence-electron chi connectivity index (χ4n) is 2.06. The molecule has 0 radical (unpaired) electrons. The SMILES string of the molecule is CC1(COC(N)=O)CCCN(C(=O)CCl)CC1. The summed E-state index contributed by atoms with van der Waals surface area (Å²) in [7, 11) is 0. The Kier molecular flexibility index (Phi) is 5.05. The molecule has 1 fully saturated rings. The van der Waals surface area contributed by atoms with Gasteiger partial charge in [-0.1, -0.05) is 6.92 Å². The van der Waals surface area contributed by atoms with Crippen molar-refractivity contribution in [2.75, 3.05) is 25.6 Å². The van der Waals surface area contributed by atoms with E-state index in [2.05, 4.69) is 0 Å². The lowest BCUT2D eigenvalue weighted by molar-refractivity contribution is -0.128. The van der Waals surface area contributed by atoms with Crippen molar-refractivity contribution in [1.29, 1.82) is 0 Å². The first-order valence-electron chi connectivity index (χ1n) is 5.73. The van der Waals surface area contributed by atoms with E-state index < -0.39 is 6.09 Å². The van der Waals surface area contributed by atoms with Gasteiger partial charge in [-0.3, -0.25) is 4.79 Å². The van der Waals surface area contributed by atoms with Gasteiger partial charge in [0.05, 0.1) is 6.61 Å². The Bertz CT molecular complexity index is 298. The molecular weight excluding hydrogens is 244 g/mol. The summed E-state index contributed by atoms with van der Waals surface area (Å²) >= 11 is 5.54. The Labute approximate surface area is 106 Å². The second-order valence-electron chi connectivity index (χ2n) is 4.79. The lowest BCUT2D eigenvalue weighted by Crippen LogP contribution is -2.34. The Morgan fingerprint density at radius 3 is 2.71 bits per heavy atom. The number of carbonyl (C=O) groups is 2. The molecule has 6 heteroatoms. The van der Waals surface area contributed by atoms with Crippen LogP contribution in [0.2, 0.25) is 0 Å². The molecule has 1 aliphatic heterocycles. The molecule has 2 amide bonds. The molecular formula is C11H19ClN2O3. The third kappa shape index (κ3) is 4.42. The van der Waals surface area contributed by atoms with Gasteiger partial charge in [0.1, 0.15) is 5.88 Å². The number of hydrogen-bond donors (Lipinski definition) is 1. The number of rotatable bonds is 3. The molecule has 1 unspecified atom stereocenters. The van der Waals surface area contributed by atoms with Crippen molar-refractivity contribution >= 4 is 23.6 Å². The van der Waals surface area contributed by atoms with Gasteiger partial charge in [0.15, 0.2) is 0 Å². The summed E-state index contributed by atoms with van der Waals surface area (Å²) in [6, 6.07) is 0. The first-order chi connectivity index (χ1) is 7.97. The lowest BCUT2D eigenvalue weighted by atomic mass is 9.84. The smallest absolute Gasteiger partial charge is 0.404 e. The maximum atomic E-state index is 11.5. The van der Waals surface area contributed by atoms with E-state index in [1.807, 2.05) is 6.92 Å². The quantitative estimate of drug-likeness (QED) is 0.780. The van der Waals surface area contributed by atoms with E-state index in [1.165, 1.54) is 0 Å². The van der Waals surface area contributed by atoms with Gasteiger partial charge in [-0.15, -0.1) is 11.6 Å². The van der Waals surface area contributed by atoms with Crippen LogP contribution in [0.3, 0.4) is 0 Å². The topological polar surface area (TPSA) is 72.6 Å². The molecule has 0 bridgehead atoms. The number of halogens is 1. The molecule has 0 aliphatic carbocycles. The van der Waals surface area contributed by atoms with Crippen molar-refractivity contribution in [3.63, 3.8) is 0 Å². The zero-order valence-electron chi connectivity index (χ0n) is 10.1. The highest BCUT2D eigenvalue weighted by Crippen LogP contribution is 2.31. The zero-order chi connectivity index (χ0) is 12.9. The second kappa shape index (κ2) is 6.10. The first kappa shape index (κ1) is 14.1. The van der Waals surface area contributed by atoms with Crippen LogP contribution in [-0.4, -0.2) is 42.5 Å². The maximum absolute atomic E-state index is 11.5. The molecule has 1 heterocycles. The van der Waals surface area contributed by atoms with Crippen LogP contribution >= 0.6 is 11.6 Å². The largest absolute Gasteiger partial charge is 0.449 e. The van der Waals surface area contributed by atoms with E-state index in [-0.39, 0.29) is 17.2 Å². The minimum absolute atomic E-state index is 0.0223. The van der Waals surface area contributed by atoms with Gasteiger partial charge in [0, 0.05) is 18.5 Å². The molecule has 1 aliphatic rings. The predicted octanol–water partition coefficient (Wildman–Crippen LogP) is 1.34. The third-order valence-electron chi connectivity index (χ3n) is 3.22. The number of ether oxygens (including phenoxy) is 1. The minimum Gasteiger partial charge on any atom is -0.449 e.